The molecule has 0 spiro atoms. The molecule has 1 unspecified atom stereocenters. The quantitative estimate of drug-likeness (QED) is 0.302. The molecule has 2 aliphatic rings. The lowest BCUT2D eigenvalue weighted by molar-refractivity contribution is 0.487. The van der Waals surface area contributed by atoms with Gasteiger partial charge in [0, 0.05) is 0 Å². The molecule has 2 aliphatic carbocycles. The van der Waals surface area contributed by atoms with Crippen molar-refractivity contribution in [3.05, 3.63) is 77.9 Å². The van der Waals surface area contributed by atoms with Crippen LogP contribution in [0.2, 0.25) is 0 Å². The molecule has 0 aliphatic heterocycles. The van der Waals surface area contributed by atoms with Gasteiger partial charge in [-0.05, 0) is 91.0 Å². The monoisotopic (exact) mass is 533 g/mol. The van der Waals surface area contributed by atoms with E-state index in [0.29, 0.717) is 0 Å². The summed E-state index contributed by atoms with van der Waals surface area (Å²) in [5, 5.41) is 4.07. The molecule has 0 radical (unpaired) electrons. The van der Waals surface area contributed by atoms with Gasteiger partial charge in [0.25, 0.3) is 0 Å². The van der Waals surface area contributed by atoms with Gasteiger partial charge in [0.1, 0.15) is 0 Å². The van der Waals surface area contributed by atoms with E-state index in [1.807, 2.05) is 0 Å². The van der Waals surface area contributed by atoms with Crippen molar-refractivity contribution >= 4 is 35.0 Å². The van der Waals surface area contributed by atoms with Crippen LogP contribution < -0.4 is 10.0 Å². The molecule has 2 atom stereocenters. The Morgan fingerprint density at radius 3 is 1.95 bits per heavy atom. The largest absolute Gasteiger partial charge is 0.242 e. The average molecular weight is 534 g/mol. The summed E-state index contributed by atoms with van der Waals surface area (Å²) >= 11 is 0. The van der Waals surface area contributed by atoms with E-state index < -0.39 is 11.0 Å². The molecule has 0 amide bonds. The van der Waals surface area contributed by atoms with Gasteiger partial charge < -0.3 is 0 Å². The highest BCUT2D eigenvalue weighted by molar-refractivity contribution is 7.84. The van der Waals surface area contributed by atoms with Crippen molar-refractivity contribution in [1.82, 2.24) is 4.72 Å². The van der Waals surface area contributed by atoms with E-state index in [4.69, 9.17) is 0 Å². The zero-order chi connectivity index (χ0) is 25.8. The minimum absolute atomic E-state index is 0.0851. The van der Waals surface area contributed by atoms with Crippen molar-refractivity contribution in [3.63, 3.8) is 0 Å². The van der Waals surface area contributed by atoms with Crippen LogP contribution in [0, 0.1) is 0 Å². The van der Waals surface area contributed by atoms with Crippen molar-refractivity contribution in [1.29, 1.82) is 0 Å². The van der Waals surface area contributed by atoms with E-state index in [1.54, 1.807) is 5.30 Å². The molecule has 0 saturated heterocycles. The standard InChI is InChI=1S/C33H44NOPS/c1-33(2,3)37(35)34-32(27-23-22-25-14-10-11-15-26(25)24-27)30-20-12-13-21-31(30)36(28-16-6-4-7-17-28)29-18-8-5-9-19-29/h10-15,20-24,28-29,32,34H,4-9,16-19H2,1-3H3/t32-,37?/m1/s1. The van der Waals surface area contributed by atoms with Gasteiger partial charge in [-0.1, -0.05) is 107 Å². The number of hydrogen-bond donors (Lipinski definition) is 1. The minimum Gasteiger partial charge on any atom is -0.242 e. The molecule has 37 heavy (non-hydrogen) atoms. The van der Waals surface area contributed by atoms with Gasteiger partial charge in [-0.2, -0.15) is 0 Å². The molecule has 0 heterocycles. The van der Waals surface area contributed by atoms with Gasteiger partial charge >= 0.3 is 0 Å². The summed E-state index contributed by atoms with van der Waals surface area (Å²) in [4.78, 5) is 0. The first-order valence-electron chi connectivity index (χ1n) is 14.5. The first kappa shape index (κ1) is 27.0. The Hall–Kier alpha value is -1.54. The molecule has 2 saturated carbocycles. The lowest BCUT2D eigenvalue weighted by Crippen LogP contribution is -2.38. The fraction of sp³-hybridized carbons (Fsp3) is 0.515. The summed E-state index contributed by atoms with van der Waals surface area (Å²) < 4.78 is 16.9. The summed E-state index contributed by atoms with van der Waals surface area (Å²) in [5.74, 6) is 0. The zero-order valence-electron chi connectivity index (χ0n) is 22.9. The van der Waals surface area contributed by atoms with Crippen molar-refractivity contribution in [2.75, 3.05) is 0 Å². The van der Waals surface area contributed by atoms with Crippen LogP contribution in [0.5, 0.6) is 0 Å². The Balaban J connectivity index is 1.62. The van der Waals surface area contributed by atoms with Crippen molar-refractivity contribution in [2.24, 2.45) is 0 Å². The van der Waals surface area contributed by atoms with Crippen molar-refractivity contribution in [3.8, 4) is 0 Å². The Morgan fingerprint density at radius 2 is 1.32 bits per heavy atom. The van der Waals surface area contributed by atoms with Gasteiger partial charge in [0.2, 0.25) is 0 Å². The van der Waals surface area contributed by atoms with Crippen LogP contribution in [0.15, 0.2) is 66.7 Å². The van der Waals surface area contributed by atoms with E-state index >= 15 is 0 Å². The zero-order valence-corrected chi connectivity index (χ0v) is 24.6. The Labute approximate surface area is 228 Å². The maximum absolute atomic E-state index is 13.6. The van der Waals surface area contributed by atoms with Crippen LogP contribution in [-0.2, 0) is 11.0 Å². The summed E-state index contributed by atoms with van der Waals surface area (Å²) in [6, 6.07) is 24.5. The maximum Gasteiger partial charge on any atom is 0.0979 e. The first-order valence-corrected chi connectivity index (χ1v) is 17.1. The molecule has 4 heteroatoms. The number of benzene rings is 3. The molecule has 3 aromatic carbocycles. The van der Waals surface area contributed by atoms with Gasteiger partial charge in [0.15, 0.2) is 0 Å². The van der Waals surface area contributed by atoms with Crippen molar-refractivity contribution < 1.29 is 4.21 Å². The molecule has 3 aromatic rings. The lowest BCUT2D eigenvalue weighted by atomic mass is 9.97. The summed E-state index contributed by atoms with van der Waals surface area (Å²) in [6.45, 7) is 6.20. The third-order valence-corrected chi connectivity index (χ3v) is 13.5. The van der Waals surface area contributed by atoms with Crippen LogP contribution in [0.25, 0.3) is 10.8 Å². The number of nitrogens with one attached hydrogen (secondary N) is 1. The maximum atomic E-state index is 13.6. The Morgan fingerprint density at radius 1 is 0.757 bits per heavy atom. The highest BCUT2D eigenvalue weighted by Gasteiger charge is 2.35. The van der Waals surface area contributed by atoms with E-state index in [1.165, 1.54) is 86.1 Å². The molecule has 0 aromatic heterocycles. The molecular weight excluding hydrogens is 489 g/mol. The first-order chi connectivity index (χ1) is 17.9. The number of rotatable bonds is 7. The Bertz CT molecular complexity index is 1190. The summed E-state index contributed by atoms with van der Waals surface area (Å²) in [6.07, 6.45) is 13.9. The predicted molar refractivity (Wildman–Crippen MR) is 164 cm³/mol. The predicted octanol–water partition coefficient (Wildman–Crippen LogP) is 8.75. The second-order valence-corrected chi connectivity index (χ2v) is 16.8. The smallest absolute Gasteiger partial charge is 0.0979 e. The minimum atomic E-state index is -1.18. The second-order valence-electron chi connectivity index (χ2n) is 12.1. The molecule has 198 valence electrons. The molecular formula is C33H44NOPS. The van der Waals surface area contributed by atoms with E-state index in [-0.39, 0.29) is 18.7 Å². The molecule has 5 rings (SSSR count). The average Bonchev–Trinajstić information content (AvgIpc) is 2.92. The molecule has 0 bridgehead atoms. The van der Waals surface area contributed by atoms with E-state index in [9.17, 15) is 4.21 Å². The fourth-order valence-corrected chi connectivity index (χ4v) is 11.2. The fourth-order valence-electron chi connectivity index (χ4n) is 6.36. The van der Waals surface area contributed by atoms with Crippen molar-refractivity contribution in [2.45, 2.75) is 107 Å². The van der Waals surface area contributed by atoms with Gasteiger partial charge in [-0.3, -0.25) is 0 Å². The lowest BCUT2D eigenvalue weighted by Gasteiger charge is -2.40. The van der Waals surface area contributed by atoms with Gasteiger partial charge in [0.05, 0.1) is 21.8 Å². The third-order valence-electron chi connectivity index (χ3n) is 8.35. The topological polar surface area (TPSA) is 29.1 Å². The summed E-state index contributed by atoms with van der Waals surface area (Å²) in [7, 11) is -1.44. The second kappa shape index (κ2) is 12.1. The van der Waals surface area contributed by atoms with E-state index in [0.717, 1.165) is 11.3 Å². The van der Waals surface area contributed by atoms with Gasteiger partial charge in [-0.25, -0.2) is 8.93 Å². The Kier molecular flexibility index (Phi) is 8.85. The highest BCUT2D eigenvalue weighted by atomic mass is 32.2. The molecule has 1 N–H and O–H groups in total. The van der Waals surface area contributed by atoms with Crippen LogP contribution in [-0.4, -0.2) is 20.3 Å². The molecule has 2 fully saturated rings. The SMILES string of the molecule is CC(C)(C)S(=O)N[C@H](c1ccc2ccccc2c1)c1ccccc1P(C1CCCCC1)C1CCCCC1. The van der Waals surface area contributed by atoms with Crippen LogP contribution in [0.3, 0.4) is 0 Å². The molecule has 2 nitrogen and oxygen atoms in total. The normalized spacial score (nSPS) is 19.8. The highest BCUT2D eigenvalue weighted by Crippen LogP contribution is 2.56. The number of hydrogen-bond acceptors (Lipinski definition) is 1. The summed E-state index contributed by atoms with van der Waals surface area (Å²) in [5.41, 5.74) is 4.24. The third kappa shape index (κ3) is 6.38. The van der Waals surface area contributed by atoms with Crippen LogP contribution in [0.4, 0.5) is 0 Å². The van der Waals surface area contributed by atoms with Crippen LogP contribution >= 0.6 is 7.92 Å². The van der Waals surface area contributed by atoms with E-state index in [2.05, 4.69) is 92.2 Å². The van der Waals surface area contributed by atoms with Gasteiger partial charge in [-0.15, -0.1) is 0 Å². The van der Waals surface area contributed by atoms with Crippen LogP contribution in [0.1, 0.15) is 102 Å². The number of fused-ring (bicyclic) bond motifs is 1.